The number of halogens is 2. The summed E-state index contributed by atoms with van der Waals surface area (Å²) in [6.45, 7) is 3.34. The molecule has 11 heavy (non-hydrogen) atoms. The molecule has 0 bridgehead atoms. The van der Waals surface area contributed by atoms with Crippen molar-refractivity contribution in [1.29, 1.82) is 0 Å². The highest BCUT2D eigenvalue weighted by atomic mass is 19.3. The van der Waals surface area contributed by atoms with Crippen LogP contribution in [0.2, 0.25) is 0 Å². The van der Waals surface area contributed by atoms with Crippen LogP contribution in [0.1, 0.15) is 25.7 Å². The van der Waals surface area contributed by atoms with E-state index < -0.39 is 5.92 Å². The summed E-state index contributed by atoms with van der Waals surface area (Å²) >= 11 is 0. The second kappa shape index (κ2) is 2.80. The molecule has 0 aromatic heterocycles. The van der Waals surface area contributed by atoms with Crippen LogP contribution in [-0.4, -0.2) is 11.0 Å². The van der Waals surface area contributed by atoms with Crippen molar-refractivity contribution >= 4 is 0 Å². The molecule has 1 aliphatic carbocycles. The van der Waals surface area contributed by atoms with Crippen molar-refractivity contribution in [2.24, 2.45) is 5.92 Å². The van der Waals surface area contributed by atoms with Gasteiger partial charge < -0.3 is 5.11 Å². The molecule has 3 heteroatoms. The number of hydrogen-bond donors (Lipinski definition) is 1. The molecule has 0 aromatic carbocycles. The SMILES string of the molecule is C=C(O)C1CCC(F)(F)CC1. The maximum absolute atomic E-state index is 12.5. The predicted octanol–water partition coefficient (Wildman–Crippen LogP) is 2.88. The molecule has 1 saturated carbocycles. The van der Waals surface area contributed by atoms with Crippen LogP contribution in [0.5, 0.6) is 0 Å². The van der Waals surface area contributed by atoms with E-state index in [2.05, 4.69) is 6.58 Å². The highest BCUT2D eigenvalue weighted by molar-refractivity contribution is 4.93. The van der Waals surface area contributed by atoms with E-state index in [9.17, 15) is 8.78 Å². The van der Waals surface area contributed by atoms with Gasteiger partial charge in [0.05, 0.1) is 5.76 Å². The van der Waals surface area contributed by atoms with Gasteiger partial charge in [0.1, 0.15) is 0 Å². The molecule has 1 rings (SSSR count). The Hall–Kier alpha value is -0.600. The quantitative estimate of drug-likeness (QED) is 0.588. The molecule has 1 aliphatic rings. The van der Waals surface area contributed by atoms with Gasteiger partial charge in [-0.3, -0.25) is 0 Å². The third kappa shape index (κ3) is 2.17. The van der Waals surface area contributed by atoms with E-state index in [0.717, 1.165) is 0 Å². The first-order valence-electron chi connectivity index (χ1n) is 3.77. The zero-order chi connectivity index (χ0) is 8.48. The van der Waals surface area contributed by atoms with E-state index in [4.69, 9.17) is 5.11 Å². The molecule has 1 N–H and O–H groups in total. The van der Waals surface area contributed by atoms with Crippen molar-refractivity contribution < 1.29 is 13.9 Å². The highest BCUT2D eigenvalue weighted by Crippen LogP contribution is 2.37. The molecule has 64 valence electrons. The van der Waals surface area contributed by atoms with Gasteiger partial charge in [0.25, 0.3) is 0 Å². The molecular formula is C8H12F2O. The maximum atomic E-state index is 12.5. The Kier molecular flexibility index (Phi) is 2.16. The predicted molar refractivity (Wildman–Crippen MR) is 38.7 cm³/mol. The molecule has 0 spiro atoms. The molecule has 0 atom stereocenters. The Bertz CT molecular complexity index is 155. The van der Waals surface area contributed by atoms with E-state index in [1.807, 2.05) is 0 Å². The zero-order valence-corrected chi connectivity index (χ0v) is 6.32. The third-order valence-electron chi connectivity index (χ3n) is 2.19. The summed E-state index contributed by atoms with van der Waals surface area (Å²) in [5, 5.41) is 8.91. The molecule has 1 nitrogen and oxygen atoms in total. The van der Waals surface area contributed by atoms with Crippen LogP contribution in [-0.2, 0) is 0 Å². The van der Waals surface area contributed by atoms with Gasteiger partial charge in [-0.2, -0.15) is 0 Å². The first kappa shape index (κ1) is 8.50. The largest absolute Gasteiger partial charge is 0.513 e. The minimum absolute atomic E-state index is 0.0560. The number of allylic oxidation sites excluding steroid dienone is 1. The molecule has 0 unspecified atom stereocenters. The highest BCUT2D eigenvalue weighted by Gasteiger charge is 2.35. The Labute approximate surface area is 64.7 Å². The van der Waals surface area contributed by atoms with Crippen molar-refractivity contribution in [2.45, 2.75) is 31.6 Å². The maximum Gasteiger partial charge on any atom is 0.248 e. The van der Waals surface area contributed by atoms with Crippen LogP contribution in [0.3, 0.4) is 0 Å². The molecular weight excluding hydrogens is 150 g/mol. The van der Waals surface area contributed by atoms with Crippen molar-refractivity contribution in [1.82, 2.24) is 0 Å². The third-order valence-corrected chi connectivity index (χ3v) is 2.19. The summed E-state index contributed by atoms with van der Waals surface area (Å²) in [7, 11) is 0. The minimum Gasteiger partial charge on any atom is -0.513 e. The van der Waals surface area contributed by atoms with Crippen LogP contribution in [0.25, 0.3) is 0 Å². The molecule has 0 radical (unpaired) electrons. The van der Waals surface area contributed by atoms with Gasteiger partial charge in [0.15, 0.2) is 0 Å². The van der Waals surface area contributed by atoms with Gasteiger partial charge in [-0.15, -0.1) is 0 Å². The minimum atomic E-state index is -2.51. The van der Waals surface area contributed by atoms with Crippen LogP contribution >= 0.6 is 0 Å². The fourth-order valence-electron chi connectivity index (χ4n) is 1.37. The van der Waals surface area contributed by atoms with Gasteiger partial charge in [-0.25, -0.2) is 8.78 Å². The van der Waals surface area contributed by atoms with E-state index in [-0.39, 0.29) is 24.5 Å². The molecule has 0 saturated heterocycles. The molecule has 0 heterocycles. The molecule has 1 fully saturated rings. The van der Waals surface area contributed by atoms with E-state index >= 15 is 0 Å². The number of aliphatic hydroxyl groups excluding tert-OH is 1. The number of rotatable bonds is 1. The lowest BCUT2D eigenvalue weighted by atomic mass is 9.86. The van der Waals surface area contributed by atoms with Gasteiger partial charge in [-0.1, -0.05) is 6.58 Å². The van der Waals surface area contributed by atoms with E-state index in [0.29, 0.717) is 12.8 Å². The summed E-state index contributed by atoms with van der Waals surface area (Å²) in [5.41, 5.74) is 0. The number of alkyl halides is 2. The van der Waals surface area contributed by atoms with Crippen molar-refractivity contribution in [3.8, 4) is 0 Å². The topological polar surface area (TPSA) is 20.2 Å². The number of aliphatic hydroxyl groups is 1. The van der Waals surface area contributed by atoms with Gasteiger partial charge in [0, 0.05) is 18.8 Å². The summed E-state index contributed by atoms with van der Waals surface area (Å²) in [5.74, 6) is -2.55. The Morgan fingerprint density at radius 3 is 2.18 bits per heavy atom. The van der Waals surface area contributed by atoms with E-state index in [1.165, 1.54) is 0 Å². The summed E-state index contributed by atoms with van der Waals surface area (Å²) in [6, 6.07) is 0. The van der Waals surface area contributed by atoms with Gasteiger partial charge in [-0.05, 0) is 12.8 Å². The van der Waals surface area contributed by atoms with Gasteiger partial charge in [0.2, 0.25) is 5.92 Å². The first-order valence-corrected chi connectivity index (χ1v) is 3.77. The van der Waals surface area contributed by atoms with Crippen molar-refractivity contribution in [3.63, 3.8) is 0 Å². The van der Waals surface area contributed by atoms with Gasteiger partial charge >= 0.3 is 0 Å². The van der Waals surface area contributed by atoms with Crippen molar-refractivity contribution in [3.05, 3.63) is 12.3 Å². The van der Waals surface area contributed by atoms with Crippen LogP contribution in [0.15, 0.2) is 12.3 Å². The lowest BCUT2D eigenvalue weighted by molar-refractivity contribution is -0.0451. The fraction of sp³-hybridized carbons (Fsp3) is 0.750. The summed E-state index contributed by atoms with van der Waals surface area (Å²) in [6.07, 6.45) is 0.499. The number of hydrogen-bond acceptors (Lipinski definition) is 1. The molecule has 0 amide bonds. The lowest BCUT2D eigenvalue weighted by Crippen LogP contribution is -2.25. The molecule has 0 aliphatic heterocycles. The fourth-order valence-corrected chi connectivity index (χ4v) is 1.37. The Morgan fingerprint density at radius 2 is 1.82 bits per heavy atom. The molecule has 0 aromatic rings. The van der Waals surface area contributed by atoms with Crippen LogP contribution in [0.4, 0.5) is 8.78 Å². The second-order valence-electron chi connectivity index (χ2n) is 3.12. The zero-order valence-electron chi connectivity index (χ0n) is 6.32. The van der Waals surface area contributed by atoms with Crippen LogP contribution in [0, 0.1) is 5.92 Å². The first-order chi connectivity index (χ1) is 5.01. The summed E-state index contributed by atoms with van der Waals surface area (Å²) < 4.78 is 25.1. The average molecular weight is 162 g/mol. The Balaban J connectivity index is 2.42. The van der Waals surface area contributed by atoms with Crippen LogP contribution < -0.4 is 0 Å². The summed E-state index contributed by atoms with van der Waals surface area (Å²) in [4.78, 5) is 0. The van der Waals surface area contributed by atoms with Crippen molar-refractivity contribution in [2.75, 3.05) is 0 Å². The lowest BCUT2D eigenvalue weighted by Gasteiger charge is -2.27. The standard InChI is InChI=1S/C8H12F2O/c1-6(11)7-2-4-8(9,10)5-3-7/h7,11H,1-5H2. The average Bonchev–Trinajstić information content (AvgIpc) is 1.86. The normalized spacial score (nSPS) is 24.9. The second-order valence-corrected chi connectivity index (χ2v) is 3.12. The smallest absolute Gasteiger partial charge is 0.248 e. The Morgan fingerprint density at radius 1 is 1.36 bits per heavy atom. The van der Waals surface area contributed by atoms with E-state index in [1.54, 1.807) is 0 Å². The monoisotopic (exact) mass is 162 g/mol.